The summed E-state index contributed by atoms with van der Waals surface area (Å²) in [6, 6.07) is 9.52. The van der Waals surface area contributed by atoms with Crippen LogP contribution < -0.4 is 10.2 Å². The molecule has 43 heavy (non-hydrogen) atoms. The second-order valence-corrected chi connectivity index (χ2v) is 12.5. The van der Waals surface area contributed by atoms with E-state index < -0.39 is 11.8 Å². The standard InChI is InChI=1S/C30H29F2N7O4/c1-17-2-3-18(25-35-27(43-36-25)20-11-37(12-20)28(41)19-8-30(31,32)9-19)6-23(17)34-26(40)22-10-33-39-5-4-21(7-24(22)39)38-13-29(14-38)15-42-16-29/h2-7,10,19-20H,8-9,11-16H2,1H3,(H,34,40). The number of aryl methyl sites for hydroxylation is 1. The van der Waals surface area contributed by atoms with Gasteiger partial charge >= 0.3 is 0 Å². The molecule has 1 spiro atoms. The van der Waals surface area contributed by atoms with Crippen molar-refractivity contribution in [2.75, 3.05) is 49.6 Å². The van der Waals surface area contributed by atoms with Crippen LogP contribution in [0.15, 0.2) is 47.2 Å². The smallest absolute Gasteiger partial charge is 0.259 e. The minimum atomic E-state index is -2.72. The lowest BCUT2D eigenvalue weighted by atomic mass is 9.78. The average Bonchev–Trinajstić information content (AvgIpc) is 3.53. The Kier molecular flexibility index (Phi) is 5.68. The van der Waals surface area contributed by atoms with E-state index in [1.54, 1.807) is 21.7 Å². The van der Waals surface area contributed by atoms with Gasteiger partial charge < -0.3 is 24.4 Å². The number of hydrogen-bond acceptors (Lipinski definition) is 8. The Hall–Kier alpha value is -4.39. The molecule has 11 nitrogen and oxygen atoms in total. The van der Waals surface area contributed by atoms with Gasteiger partial charge in [0.15, 0.2) is 0 Å². The van der Waals surface area contributed by atoms with Crippen LogP contribution in [0.2, 0.25) is 0 Å². The first-order valence-corrected chi connectivity index (χ1v) is 14.4. The third-order valence-electron chi connectivity index (χ3n) is 9.15. The van der Waals surface area contributed by atoms with Crippen molar-refractivity contribution < 1.29 is 27.6 Å². The Morgan fingerprint density at radius 3 is 2.60 bits per heavy atom. The van der Waals surface area contributed by atoms with Crippen molar-refractivity contribution in [3.8, 4) is 11.4 Å². The first-order valence-electron chi connectivity index (χ1n) is 14.4. The minimum Gasteiger partial charge on any atom is -0.380 e. The van der Waals surface area contributed by atoms with E-state index in [4.69, 9.17) is 9.26 Å². The van der Waals surface area contributed by atoms with Crippen LogP contribution in [-0.2, 0) is 9.53 Å². The topological polar surface area (TPSA) is 118 Å². The maximum atomic E-state index is 13.4. The highest BCUT2D eigenvalue weighted by Crippen LogP contribution is 2.44. The highest BCUT2D eigenvalue weighted by atomic mass is 19.3. The van der Waals surface area contributed by atoms with Crippen LogP contribution in [-0.4, -0.2) is 81.8 Å². The molecule has 3 aliphatic heterocycles. The van der Waals surface area contributed by atoms with E-state index >= 15 is 0 Å². The summed E-state index contributed by atoms with van der Waals surface area (Å²) in [5.41, 5.74) is 4.65. The number of likely N-dealkylation sites (tertiary alicyclic amines) is 1. The predicted molar refractivity (Wildman–Crippen MR) is 150 cm³/mol. The summed E-state index contributed by atoms with van der Waals surface area (Å²) in [5.74, 6) is -3.23. The fourth-order valence-corrected chi connectivity index (χ4v) is 6.37. The van der Waals surface area contributed by atoms with E-state index in [9.17, 15) is 18.4 Å². The number of rotatable bonds is 6. The van der Waals surface area contributed by atoms with E-state index in [2.05, 4.69) is 25.5 Å². The predicted octanol–water partition coefficient (Wildman–Crippen LogP) is 3.75. The second kappa shape index (κ2) is 9.30. The van der Waals surface area contributed by atoms with Gasteiger partial charge in [-0.15, -0.1) is 0 Å². The lowest BCUT2D eigenvalue weighted by Gasteiger charge is -2.56. The van der Waals surface area contributed by atoms with Crippen molar-refractivity contribution in [1.82, 2.24) is 24.7 Å². The Morgan fingerprint density at radius 2 is 1.88 bits per heavy atom. The summed E-state index contributed by atoms with van der Waals surface area (Å²) < 4.78 is 38.9. The molecule has 1 N–H and O–H groups in total. The zero-order valence-corrected chi connectivity index (χ0v) is 23.4. The molecule has 222 valence electrons. The highest BCUT2D eigenvalue weighted by molar-refractivity contribution is 6.09. The molecule has 4 aliphatic rings. The van der Waals surface area contributed by atoms with E-state index in [1.807, 2.05) is 37.4 Å². The number of ether oxygens (including phenoxy) is 1. The van der Waals surface area contributed by atoms with Crippen LogP contribution in [0.3, 0.4) is 0 Å². The van der Waals surface area contributed by atoms with E-state index in [-0.39, 0.29) is 36.0 Å². The van der Waals surface area contributed by atoms with Gasteiger partial charge in [-0.25, -0.2) is 13.3 Å². The SMILES string of the molecule is Cc1ccc(-c2noc(C3CN(C(=O)C4CC(F)(F)C4)C3)n2)cc1NC(=O)c1cnn2ccc(N3CC4(COC4)C3)cc12. The number of fused-ring (bicyclic) bond motifs is 1. The summed E-state index contributed by atoms with van der Waals surface area (Å²) in [4.78, 5) is 34.2. The summed E-state index contributed by atoms with van der Waals surface area (Å²) in [6.07, 6.45) is 2.68. The molecule has 2 amide bonds. The summed E-state index contributed by atoms with van der Waals surface area (Å²) in [7, 11) is 0. The molecule has 1 saturated carbocycles. The first kappa shape index (κ1) is 26.3. The number of alkyl halides is 2. The molecule has 1 aromatic carbocycles. The fourth-order valence-electron chi connectivity index (χ4n) is 6.37. The monoisotopic (exact) mass is 589 g/mol. The molecule has 0 bridgehead atoms. The largest absolute Gasteiger partial charge is 0.380 e. The van der Waals surface area contributed by atoms with Gasteiger partial charge in [0.25, 0.3) is 5.91 Å². The van der Waals surface area contributed by atoms with E-state index in [0.29, 0.717) is 41.6 Å². The lowest BCUT2D eigenvalue weighted by Crippen LogP contribution is -2.66. The van der Waals surface area contributed by atoms with Gasteiger partial charge in [-0.2, -0.15) is 10.1 Å². The maximum Gasteiger partial charge on any atom is 0.259 e. The molecular weight excluding hydrogens is 560 g/mol. The molecule has 13 heteroatoms. The Morgan fingerprint density at radius 1 is 1.09 bits per heavy atom. The molecule has 1 aliphatic carbocycles. The molecule has 4 aromatic rings. The van der Waals surface area contributed by atoms with Gasteiger partial charge in [0.2, 0.25) is 23.5 Å². The lowest BCUT2D eigenvalue weighted by molar-refractivity contribution is -0.164. The molecule has 8 rings (SSSR count). The summed E-state index contributed by atoms with van der Waals surface area (Å²) >= 11 is 0. The number of halogens is 2. The average molecular weight is 590 g/mol. The number of carbonyl (C=O) groups excluding carboxylic acids is 2. The van der Waals surface area contributed by atoms with Crippen LogP contribution in [0.4, 0.5) is 20.2 Å². The number of aromatic nitrogens is 4. The zero-order valence-electron chi connectivity index (χ0n) is 23.4. The van der Waals surface area contributed by atoms with Gasteiger partial charge in [0.05, 0.1) is 41.8 Å². The van der Waals surface area contributed by atoms with Crippen molar-refractivity contribution >= 4 is 28.7 Å². The molecule has 0 radical (unpaired) electrons. The number of nitrogens with zero attached hydrogens (tertiary/aromatic N) is 6. The second-order valence-electron chi connectivity index (χ2n) is 12.5. The van der Waals surface area contributed by atoms with Crippen molar-refractivity contribution in [2.45, 2.75) is 31.6 Å². The molecule has 0 unspecified atom stereocenters. The number of pyridine rings is 1. The molecule has 4 fully saturated rings. The van der Waals surface area contributed by atoms with Crippen LogP contribution in [0.5, 0.6) is 0 Å². The quantitative estimate of drug-likeness (QED) is 0.361. The van der Waals surface area contributed by atoms with Gasteiger partial charge in [0, 0.05) is 68.1 Å². The van der Waals surface area contributed by atoms with Crippen molar-refractivity contribution in [1.29, 1.82) is 0 Å². The minimum absolute atomic E-state index is 0.139. The maximum absolute atomic E-state index is 13.4. The zero-order chi connectivity index (χ0) is 29.5. The summed E-state index contributed by atoms with van der Waals surface area (Å²) in [6.45, 7) is 6.14. The molecule has 3 saturated heterocycles. The molecule has 3 aromatic heterocycles. The Bertz CT molecular complexity index is 1760. The fraction of sp³-hybridized carbons (Fsp3) is 0.433. The molecule has 0 atom stereocenters. The number of amides is 2. The van der Waals surface area contributed by atoms with Crippen LogP contribution in [0.1, 0.15) is 40.6 Å². The van der Waals surface area contributed by atoms with Gasteiger partial charge in [-0.1, -0.05) is 17.3 Å². The van der Waals surface area contributed by atoms with Crippen LogP contribution >= 0.6 is 0 Å². The number of nitrogens with one attached hydrogen (secondary N) is 1. The first-order chi connectivity index (χ1) is 20.7. The molecule has 6 heterocycles. The number of hydrogen-bond donors (Lipinski definition) is 1. The van der Waals surface area contributed by atoms with E-state index in [0.717, 1.165) is 43.1 Å². The van der Waals surface area contributed by atoms with Gasteiger partial charge in [0.1, 0.15) is 0 Å². The van der Waals surface area contributed by atoms with Crippen LogP contribution in [0, 0.1) is 18.3 Å². The number of benzene rings is 1. The van der Waals surface area contributed by atoms with Gasteiger partial charge in [-0.05, 0) is 30.7 Å². The third kappa shape index (κ3) is 4.44. The number of carbonyl (C=O) groups is 2. The Balaban J connectivity index is 0.945. The highest BCUT2D eigenvalue weighted by Gasteiger charge is 2.51. The Labute approximate surface area is 244 Å². The third-order valence-corrected chi connectivity index (χ3v) is 9.15. The van der Waals surface area contributed by atoms with Crippen LogP contribution in [0.25, 0.3) is 16.9 Å². The van der Waals surface area contributed by atoms with E-state index in [1.165, 1.54) is 0 Å². The molecular formula is C30H29F2N7O4. The van der Waals surface area contributed by atoms with Crippen molar-refractivity contribution in [2.24, 2.45) is 11.3 Å². The van der Waals surface area contributed by atoms with Crippen molar-refractivity contribution in [3.05, 3.63) is 59.7 Å². The van der Waals surface area contributed by atoms with Crippen molar-refractivity contribution in [3.63, 3.8) is 0 Å². The number of anilines is 2. The normalized spacial score (nSPS) is 20.8. The van der Waals surface area contributed by atoms with Gasteiger partial charge in [-0.3, -0.25) is 9.59 Å². The summed E-state index contributed by atoms with van der Waals surface area (Å²) in [5, 5.41) is 11.5.